The number of nitrogens with one attached hydrogen (secondary N) is 1. The SMILES string of the molecule is C=CCOC(=O)N1CCC(CC(=O)C[C@H]2NC(=O)[C@@H]2[C@@](C)(O[SiH](C)C)C(C)(C)C)C1COC. The molecule has 0 aromatic rings. The van der Waals surface area contributed by atoms with E-state index in [2.05, 4.69) is 45.8 Å². The number of β-lactam (4-membered cyclic amide) rings is 1. The van der Waals surface area contributed by atoms with Crippen molar-refractivity contribution in [3.63, 3.8) is 0 Å². The molecule has 8 nitrogen and oxygen atoms in total. The Hall–Kier alpha value is -1.71. The van der Waals surface area contributed by atoms with Crippen LogP contribution < -0.4 is 5.32 Å². The third-order valence-electron chi connectivity index (χ3n) is 7.10. The molecule has 2 unspecified atom stereocenters. The first-order valence-electron chi connectivity index (χ1n) is 11.9. The molecule has 2 fully saturated rings. The Morgan fingerprint density at radius 2 is 1.91 bits per heavy atom. The average Bonchev–Trinajstić information content (AvgIpc) is 3.06. The van der Waals surface area contributed by atoms with Crippen molar-refractivity contribution in [1.82, 2.24) is 10.2 Å². The van der Waals surface area contributed by atoms with Crippen LogP contribution in [0.2, 0.25) is 13.1 Å². The normalized spacial score (nSPS) is 27.0. The first kappa shape index (κ1) is 27.5. The summed E-state index contributed by atoms with van der Waals surface area (Å²) in [6.45, 7) is 17.1. The standard InChI is InChI=1S/C24H42N2O6Si/c1-9-12-31-22(29)26-11-10-16(19(26)15-30-6)13-17(27)14-18-20(21(28)25-18)24(5,23(2,3)4)32-33(7)8/h9,16,18-20,33H,1,10-15H2,2-8H3,(H,25,28)/t16?,18-,19?,20-,24-/m1/s1. The number of nitrogens with zero attached hydrogens (tertiary/aromatic N) is 1. The summed E-state index contributed by atoms with van der Waals surface area (Å²) in [6.07, 6.45) is 2.44. The molecule has 2 aliphatic heterocycles. The number of amides is 2. The molecule has 188 valence electrons. The molecule has 0 aromatic carbocycles. The van der Waals surface area contributed by atoms with E-state index in [1.165, 1.54) is 6.08 Å². The lowest BCUT2D eigenvalue weighted by atomic mass is 9.63. The Morgan fingerprint density at radius 1 is 1.24 bits per heavy atom. The van der Waals surface area contributed by atoms with Crippen LogP contribution in [0.15, 0.2) is 12.7 Å². The van der Waals surface area contributed by atoms with Gasteiger partial charge < -0.3 is 24.1 Å². The van der Waals surface area contributed by atoms with Crippen LogP contribution in [0.25, 0.3) is 0 Å². The molecule has 0 radical (unpaired) electrons. The van der Waals surface area contributed by atoms with Gasteiger partial charge in [-0.1, -0.05) is 33.4 Å². The van der Waals surface area contributed by atoms with Gasteiger partial charge in [-0.25, -0.2) is 4.79 Å². The first-order valence-corrected chi connectivity index (χ1v) is 14.7. The smallest absolute Gasteiger partial charge is 0.410 e. The summed E-state index contributed by atoms with van der Waals surface area (Å²) in [6, 6.07) is -0.448. The lowest BCUT2D eigenvalue weighted by molar-refractivity contribution is -0.160. The van der Waals surface area contributed by atoms with Gasteiger partial charge >= 0.3 is 6.09 Å². The van der Waals surface area contributed by atoms with E-state index in [1.807, 2.05) is 6.92 Å². The van der Waals surface area contributed by atoms with Gasteiger partial charge in [0.05, 0.1) is 30.2 Å². The van der Waals surface area contributed by atoms with Crippen LogP contribution in [0.4, 0.5) is 4.79 Å². The molecule has 2 saturated heterocycles. The number of Topliss-reactive ketones (excluding diaryl/α,β-unsaturated/α-hetero) is 1. The topological polar surface area (TPSA) is 94.2 Å². The largest absolute Gasteiger partial charge is 0.445 e. The van der Waals surface area contributed by atoms with Crippen LogP contribution in [0.5, 0.6) is 0 Å². The zero-order chi connectivity index (χ0) is 25.0. The molecule has 0 saturated carbocycles. The maximum atomic E-state index is 13.1. The zero-order valence-corrected chi connectivity index (χ0v) is 22.5. The molecule has 0 bridgehead atoms. The number of ketones is 1. The van der Waals surface area contributed by atoms with Crippen molar-refractivity contribution in [1.29, 1.82) is 0 Å². The van der Waals surface area contributed by atoms with Crippen molar-refractivity contribution >= 4 is 26.8 Å². The summed E-state index contributed by atoms with van der Waals surface area (Å²) < 4.78 is 17.0. The number of ether oxygens (including phenoxy) is 2. The van der Waals surface area contributed by atoms with E-state index < -0.39 is 20.7 Å². The molecular formula is C24H42N2O6Si. The molecular weight excluding hydrogens is 440 g/mol. The highest BCUT2D eigenvalue weighted by molar-refractivity contribution is 6.48. The quantitative estimate of drug-likeness (QED) is 0.276. The number of carbonyl (C=O) groups is 3. The molecule has 2 heterocycles. The van der Waals surface area contributed by atoms with E-state index in [1.54, 1.807) is 12.0 Å². The van der Waals surface area contributed by atoms with E-state index in [-0.39, 0.29) is 54.1 Å². The van der Waals surface area contributed by atoms with Gasteiger partial charge in [0, 0.05) is 26.5 Å². The predicted molar refractivity (Wildman–Crippen MR) is 130 cm³/mol. The minimum Gasteiger partial charge on any atom is -0.445 e. The minimum absolute atomic E-state index is 0.00344. The lowest BCUT2D eigenvalue weighted by Gasteiger charge is -2.54. The second-order valence-corrected chi connectivity index (χ2v) is 13.0. The number of likely N-dealkylation sites (tertiary alicyclic amines) is 1. The van der Waals surface area contributed by atoms with Gasteiger partial charge in [0.2, 0.25) is 5.91 Å². The van der Waals surface area contributed by atoms with Gasteiger partial charge in [0.25, 0.3) is 0 Å². The maximum Gasteiger partial charge on any atom is 0.410 e. The van der Waals surface area contributed by atoms with Crippen LogP contribution >= 0.6 is 0 Å². The van der Waals surface area contributed by atoms with Crippen molar-refractivity contribution in [3.05, 3.63) is 12.7 Å². The van der Waals surface area contributed by atoms with Crippen LogP contribution in [0.3, 0.4) is 0 Å². The Morgan fingerprint density at radius 3 is 2.42 bits per heavy atom. The first-order chi connectivity index (χ1) is 15.4. The van der Waals surface area contributed by atoms with Gasteiger partial charge in [-0.15, -0.1) is 0 Å². The maximum absolute atomic E-state index is 13.1. The summed E-state index contributed by atoms with van der Waals surface area (Å²) in [5.41, 5.74) is -0.895. The van der Waals surface area contributed by atoms with Crippen LogP contribution in [0, 0.1) is 17.3 Å². The van der Waals surface area contributed by atoms with Crippen molar-refractivity contribution < 1.29 is 28.3 Å². The molecule has 2 rings (SSSR count). The van der Waals surface area contributed by atoms with Gasteiger partial charge in [-0.2, -0.15) is 0 Å². The predicted octanol–water partition coefficient (Wildman–Crippen LogP) is 2.91. The number of carbonyl (C=O) groups excluding carboxylic acids is 3. The van der Waals surface area contributed by atoms with Crippen molar-refractivity contribution in [3.8, 4) is 0 Å². The summed E-state index contributed by atoms with van der Waals surface area (Å²) >= 11 is 0. The Balaban J connectivity index is 2.06. The lowest BCUT2D eigenvalue weighted by Crippen LogP contribution is -2.70. The molecule has 2 amide bonds. The monoisotopic (exact) mass is 482 g/mol. The third kappa shape index (κ3) is 6.25. The summed E-state index contributed by atoms with van der Waals surface area (Å²) in [5, 5.41) is 2.94. The van der Waals surface area contributed by atoms with Crippen LogP contribution in [-0.2, 0) is 23.5 Å². The Bertz CT molecular complexity index is 737. The highest BCUT2D eigenvalue weighted by Gasteiger charge is 2.57. The highest BCUT2D eigenvalue weighted by Crippen LogP contribution is 2.45. The highest BCUT2D eigenvalue weighted by atomic mass is 28.3. The average molecular weight is 483 g/mol. The van der Waals surface area contributed by atoms with Crippen molar-refractivity contribution in [2.75, 3.05) is 26.9 Å². The zero-order valence-electron chi connectivity index (χ0n) is 21.3. The molecule has 1 N–H and O–H groups in total. The summed E-state index contributed by atoms with van der Waals surface area (Å²) in [5.74, 6) is -0.332. The minimum atomic E-state index is -1.42. The van der Waals surface area contributed by atoms with E-state index in [9.17, 15) is 14.4 Å². The van der Waals surface area contributed by atoms with Gasteiger partial charge in [0.15, 0.2) is 9.04 Å². The molecule has 0 spiro atoms. The van der Waals surface area contributed by atoms with E-state index in [0.29, 0.717) is 26.0 Å². The van der Waals surface area contributed by atoms with Gasteiger partial charge in [-0.3, -0.25) is 9.59 Å². The molecule has 0 aromatic heterocycles. The number of rotatable bonds is 11. The van der Waals surface area contributed by atoms with Gasteiger partial charge in [0.1, 0.15) is 12.4 Å². The van der Waals surface area contributed by atoms with Crippen LogP contribution in [0.1, 0.15) is 47.0 Å². The Kier molecular flexibility index (Phi) is 9.29. The number of hydrogen-bond acceptors (Lipinski definition) is 6. The molecule has 33 heavy (non-hydrogen) atoms. The van der Waals surface area contributed by atoms with E-state index >= 15 is 0 Å². The second kappa shape index (κ2) is 11.1. The van der Waals surface area contributed by atoms with Crippen molar-refractivity contribution in [2.45, 2.75) is 77.7 Å². The number of methoxy groups -OCH3 is 1. The fourth-order valence-electron chi connectivity index (χ4n) is 5.06. The third-order valence-corrected chi connectivity index (χ3v) is 8.06. The molecule has 0 aliphatic carbocycles. The number of hydrogen-bond donors (Lipinski definition) is 1. The molecule has 5 atom stereocenters. The fraction of sp³-hybridized carbons (Fsp3) is 0.792. The van der Waals surface area contributed by atoms with Crippen LogP contribution in [-0.4, -0.2) is 76.3 Å². The summed E-state index contributed by atoms with van der Waals surface area (Å²) in [7, 11) is 0.164. The molecule has 2 aliphatic rings. The summed E-state index contributed by atoms with van der Waals surface area (Å²) in [4.78, 5) is 39.7. The van der Waals surface area contributed by atoms with E-state index in [4.69, 9.17) is 13.9 Å². The van der Waals surface area contributed by atoms with Gasteiger partial charge in [-0.05, 0) is 37.8 Å². The van der Waals surface area contributed by atoms with Crippen molar-refractivity contribution in [2.24, 2.45) is 17.3 Å². The molecule has 9 heteroatoms. The second-order valence-electron chi connectivity index (χ2n) is 10.7. The van der Waals surface area contributed by atoms with E-state index in [0.717, 1.165) is 0 Å². The Labute approximate surface area is 200 Å². The fourth-order valence-corrected chi connectivity index (χ4v) is 6.54.